The van der Waals surface area contributed by atoms with Gasteiger partial charge in [0.05, 0.1) is 12.8 Å². The fourth-order valence-corrected chi connectivity index (χ4v) is 2.76. The molecule has 1 fully saturated rings. The minimum absolute atomic E-state index is 0.510. The Bertz CT molecular complexity index is 429. The molecular formula is C13H20N4O. The molecule has 0 saturated carbocycles. The average molecular weight is 248 g/mol. The molecule has 1 N–H and O–H groups in total. The second-order valence-electron chi connectivity index (χ2n) is 4.93. The lowest BCUT2D eigenvalue weighted by molar-refractivity contribution is 0.375. The van der Waals surface area contributed by atoms with Crippen molar-refractivity contribution in [2.24, 2.45) is 0 Å². The van der Waals surface area contributed by atoms with E-state index in [-0.39, 0.29) is 0 Å². The zero-order chi connectivity index (χ0) is 12.4. The smallest absolute Gasteiger partial charge is 0.318 e. The van der Waals surface area contributed by atoms with E-state index in [1.165, 1.54) is 24.8 Å². The summed E-state index contributed by atoms with van der Waals surface area (Å²) in [6, 6.07) is 0.510. The summed E-state index contributed by atoms with van der Waals surface area (Å²) in [5.41, 5.74) is 2.42. The lowest BCUT2D eigenvalue weighted by Crippen LogP contribution is -2.34. The van der Waals surface area contributed by atoms with Gasteiger partial charge >= 0.3 is 6.01 Å². The third-order valence-electron chi connectivity index (χ3n) is 3.73. The minimum Gasteiger partial charge on any atom is -0.467 e. The first-order valence-electron chi connectivity index (χ1n) is 6.78. The van der Waals surface area contributed by atoms with E-state index in [1.807, 2.05) is 0 Å². The average Bonchev–Trinajstić information content (AvgIpc) is 2.47. The van der Waals surface area contributed by atoms with Crippen molar-refractivity contribution in [3.05, 3.63) is 11.3 Å². The molecule has 98 valence electrons. The summed E-state index contributed by atoms with van der Waals surface area (Å²) >= 11 is 0. The number of ether oxygens (including phenoxy) is 1. The van der Waals surface area contributed by atoms with Crippen LogP contribution in [0, 0.1) is 0 Å². The van der Waals surface area contributed by atoms with Gasteiger partial charge in [-0.2, -0.15) is 9.97 Å². The summed E-state index contributed by atoms with van der Waals surface area (Å²) in [6.07, 6.45) is 4.82. The van der Waals surface area contributed by atoms with Crippen LogP contribution in [0.2, 0.25) is 0 Å². The summed E-state index contributed by atoms with van der Waals surface area (Å²) in [6.45, 7) is 4.08. The van der Waals surface area contributed by atoms with Gasteiger partial charge in [0.1, 0.15) is 5.82 Å². The van der Waals surface area contributed by atoms with Crippen molar-refractivity contribution in [2.75, 3.05) is 31.6 Å². The molecular weight excluding hydrogens is 228 g/mol. The van der Waals surface area contributed by atoms with Crippen molar-refractivity contribution in [2.45, 2.75) is 32.2 Å². The molecule has 0 aliphatic carbocycles. The van der Waals surface area contributed by atoms with Gasteiger partial charge in [-0.1, -0.05) is 0 Å². The first-order valence-corrected chi connectivity index (χ1v) is 6.78. The number of aromatic nitrogens is 2. The van der Waals surface area contributed by atoms with Crippen LogP contribution in [0.4, 0.5) is 5.82 Å². The lowest BCUT2D eigenvalue weighted by Gasteiger charge is -2.31. The van der Waals surface area contributed by atoms with Gasteiger partial charge in [-0.15, -0.1) is 0 Å². The Kier molecular flexibility index (Phi) is 3.32. The zero-order valence-electron chi connectivity index (χ0n) is 10.9. The molecule has 1 aromatic rings. The van der Waals surface area contributed by atoms with Crippen molar-refractivity contribution in [1.82, 2.24) is 15.3 Å². The van der Waals surface area contributed by atoms with Crippen LogP contribution in [0.3, 0.4) is 0 Å². The van der Waals surface area contributed by atoms with E-state index in [0.717, 1.165) is 44.1 Å². The predicted molar refractivity (Wildman–Crippen MR) is 70.1 cm³/mol. The van der Waals surface area contributed by atoms with Crippen molar-refractivity contribution in [3.63, 3.8) is 0 Å². The SMILES string of the molecule is COc1nc2c(c(N3CCCCC3)n1)CNCC2. The second-order valence-corrected chi connectivity index (χ2v) is 4.93. The van der Waals surface area contributed by atoms with Crippen molar-refractivity contribution in [1.29, 1.82) is 0 Å². The van der Waals surface area contributed by atoms with Gasteiger partial charge in [-0.25, -0.2) is 0 Å². The molecule has 0 amide bonds. The third-order valence-corrected chi connectivity index (χ3v) is 3.73. The lowest BCUT2D eigenvalue weighted by atomic mass is 10.1. The second kappa shape index (κ2) is 5.10. The van der Waals surface area contributed by atoms with Gasteiger partial charge in [-0.3, -0.25) is 0 Å². The van der Waals surface area contributed by atoms with Gasteiger partial charge < -0.3 is 15.0 Å². The predicted octanol–water partition coefficient (Wildman–Crippen LogP) is 1.12. The fourth-order valence-electron chi connectivity index (χ4n) is 2.76. The molecule has 0 spiro atoms. The summed E-state index contributed by atoms with van der Waals surface area (Å²) in [5.74, 6) is 1.09. The number of nitrogens with zero attached hydrogens (tertiary/aromatic N) is 3. The van der Waals surface area contributed by atoms with Gasteiger partial charge in [-0.05, 0) is 19.3 Å². The summed E-state index contributed by atoms with van der Waals surface area (Å²) < 4.78 is 5.24. The van der Waals surface area contributed by atoms with Gasteiger partial charge in [0.2, 0.25) is 0 Å². The third kappa shape index (κ3) is 2.14. The Balaban J connectivity index is 1.99. The van der Waals surface area contributed by atoms with E-state index < -0.39 is 0 Å². The molecule has 1 saturated heterocycles. The van der Waals surface area contributed by atoms with Gasteiger partial charge in [0, 0.05) is 38.2 Å². The fraction of sp³-hybridized carbons (Fsp3) is 0.692. The molecule has 0 aromatic carbocycles. The molecule has 3 rings (SSSR count). The Morgan fingerprint density at radius 1 is 1.17 bits per heavy atom. The molecule has 2 aliphatic heterocycles. The van der Waals surface area contributed by atoms with E-state index in [2.05, 4.69) is 20.2 Å². The summed E-state index contributed by atoms with van der Waals surface area (Å²) in [7, 11) is 1.64. The number of rotatable bonds is 2. The monoisotopic (exact) mass is 248 g/mol. The van der Waals surface area contributed by atoms with Gasteiger partial charge in [0.15, 0.2) is 0 Å². The van der Waals surface area contributed by atoms with Crippen LogP contribution in [-0.4, -0.2) is 36.7 Å². The molecule has 5 heteroatoms. The van der Waals surface area contributed by atoms with Crippen LogP contribution in [0.15, 0.2) is 0 Å². The minimum atomic E-state index is 0.510. The van der Waals surface area contributed by atoms with Crippen molar-refractivity contribution >= 4 is 5.82 Å². The molecule has 0 atom stereocenters. The van der Waals surface area contributed by atoms with Crippen molar-refractivity contribution in [3.8, 4) is 6.01 Å². The zero-order valence-corrected chi connectivity index (χ0v) is 10.9. The molecule has 0 bridgehead atoms. The molecule has 2 aliphatic rings. The highest BCUT2D eigenvalue weighted by Gasteiger charge is 2.22. The first kappa shape index (κ1) is 11.7. The van der Waals surface area contributed by atoms with Crippen LogP contribution in [0.1, 0.15) is 30.5 Å². The van der Waals surface area contributed by atoms with Crippen molar-refractivity contribution < 1.29 is 4.74 Å². The molecule has 18 heavy (non-hydrogen) atoms. The van der Waals surface area contributed by atoms with Crippen LogP contribution in [-0.2, 0) is 13.0 Å². The van der Waals surface area contributed by atoms with E-state index in [9.17, 15) is 0 Å². The molecule has 1 aromatic heterocycles. The topological polar surface area (TPSA) is 50.3 Å². The molecule has 0 unspecified atom stereocenters. The van der Waals surface area contributed by atoms with Crippen LogP contribution in [0.5, 0.6) is 6.01 Å². The Labute approximate surface area is 108 Å². The number of hydrogen-bond donors (Lipinski definition) is 1. The number of nitrogens with one attached hydrogen (secondary N) is 1. The largest absolute Gasteiger partial charge is 0.467 e. The van der Waals surface area contributed by atoms with E-state index in [4.69, 9.17) is 4.74 Å². The Morgan fingerprint density at radius 3 is 2.78 bits per heavy atom. The molecule has 0 radical (unpaired) electrons. The highest BCUT2D eigenvalue weighted by Crippen LogP contribution is 2.27. The van der Waals surface area contributed by atoms with E-state index in [1.54, 1.807) is 7.11 Å². The maximum absolute atomic E-state index is 5.24. The maximum Gasteiger partial charge on any atom is 0.318 e. The molecule has 3 heterocycles. The van der Waals surface area contributed by atoms with E-state index >= 15 is 0 Å². The first-order chi connectivity index (χ1) is 8.88. The summed E-state index contributed by atoms with van der Waals surface area (Å²) in [4.78, 5) is 11.5. The van der Waals surface area contributed by atoms with Crippen LogP contribution in [0.25, 0.3) is 0 Å². The number of piperidine rings is 1. The highest BCUT2D eigenvalue weighted by atomic mass is 16.5. The number of hydrogen-bond acceptors (Lipinski definition) is 5. The summed E-state index contributed by atoms with van der Waals surface area (Å²) in [5, 5.41) is 3.41. The number of methoxy groups -OCH3 is 1. The number of anilines is 1. The Morgan fingerprint density at radius 2 is 2.00 bits per heavy atom. The number of fused-ring (bicyclic) bond motifs is 1. The molecule has 5 nitrogen and oxygen atoms in total. The van der Waals surface area contributed by atoms with E-state index in [0.29, 0.717) is 6.01 Å². The quantitative estimate of drug-likeness (QED) is 0.850. The normalized spacial score (nSPS) is 19.5. The van der Waals surface area contributed by atoms with Crippen LogP contribution < -0.4 is 15.0 Å². The highest BCUT2D eigenvalue weighted by molar-refractivity contribution is 5.51. The maximum atomic E-state index is 5.24. The van der Waals surface area contributed by atoms with Gasteiger partial charge in [0.25, 0.3) is 0 Å². The Hall–Kier alpha value is -1.36. The standard InChI is InChI=1S/C13H20N4O/c1-18-13-15-11-5-6-14-9-10(11)12(16-13)17-7-3-2-4-8-17/h14H,2-9H2,1H3. The van der Waals surface area contributed by atoms with Crippen LogP contribution >= 0.6 is 0 Å².